The first-order valence-electron chi connectivity index (χ1n) is 7.14. The molecular formula is C15H18BrNO2. The van der Waals surface area contributed by atoms with Gasteiger partial charge in [-0.3, -0.25) is 4.79 Å². The van der Waals surface area contributed by atoms with Gasteiger partial charge in [-0.2, -0.15) is 0 Å². The summed E-state index contributed by atoms with van der Waals surface area (Å²) in [7, 11) is 1.90. The number of carbonyl (C=O) groups excluding carboxylic acids is 1. The minimum Gasteiger partial charge on any atom is -0.452 e. The molecule has 4 heteroatoms. The van der Waals surface area contributed by atoms with Gasteiger partial charge in [0.2, 0.25) is 5.91 Å². The Morgan fingerprint density at radius 1 is 1.37 bits per heavy atom. The van der Waals surface area contributed by atoms with Gasteiger partial charge in [0.05, 0.1) is 6.54 Å². The smallest absolute Gasteiger partial charge is 0.226 e. The number of halogens is 1. The van der Waals surface area contributed by atoms with Crippen LogP contribution in [-0.4, -0.2) is 17.9 Å². The molecule has 3 aliphatic rings. The van der Waals surface area contributed by atoms with Crippen LogP contribution in [0.1, 0.15) is 25.0 Å². The minimum absolute atomic E-state index is 0.328. The van der Waals surface area contributed by atoms with E-state index in [9.17, 15) is 4.79 Å². The van der Waals surface area contributed by atoms with E-state index in [0.717, 1.165) is 34.1 Å². The first-order valence-corrected chi connectivity index (χ1v) is 7.93. The third kappa shape index (κ3) is 1.79. The SMILES string of the molecule is CN(Cc1ccc(Br)o1)C(=O)C1[C@@H]2[C@H]3CC[C@@H](C3)[C@@H]12. The van der Waals surface area contributed by atoms with Crippen LogP contribution in [0.25, 0.3) is 0 Å². The lowest BCUT2D eigenvalue weighted by Gasteiger charge is -2.18. The highest BCUT2D eigenvalue weighted by atomic mass is 79.9. The molecule has 2 bridgehead atoms. The summed E-state index contributed by atoms with van der Waals surface area (Å²) < 4.78 is 6.20. The lowest BCUT2D eigenvalue weighted by Crippen LogP contribution is -2.29. The van der Waals surface area contributed by atoms with E-state index in [1.54, 1.807) is 0 Å². The van der Waals surface area contributed by atoms with Crippen LogP contribution in [0.3, 0.4) is 0 Å². The fraction of sp³-hybridized carbons (Fsp3) is 0.667. The van der Waals surface area contributed by atoms with Gasteiger partial charge in [0.25, 0.3) is 0 Å². The van der Waals surface area contributed by atoms with Gasteiger partial charge in [-0.25, -0.2) is 0 Å². The quantitative estimate of drug-likeness (QED) is 0.855. The molecule has 1 heterocycles. The highest BCUT2D eigenvalue weighted by molar-refractivity contribution is 9.10. The number of fused-ring (bicyclic) bond motifs is 5. The summed E-state index contributed by atoms with van der Waals surface area (Å²) in [6.07, 6.45) is 4.13. The van der Waals surface area contributed by atoms with Crippen LogP contribution in [0.15, 0.2) is 21.2 Å². The molecule has 0 unspecified atom stereocenters. The summed E-state index contributed by atoms with van der Waals surface area (Å²) in [4.78, 5) is 14.4. The predicted octanol–water partition coefficient (Wildman–Crippen LogP) is 3.29. The Morgan fingerprint density at radius 2 is 2.05 bits per heavy atom. The average molecular weight is 324 g/mol. The van der Waals surface area contributed by atoms with Crippen LogP contribution in [0, 0.1) is 29.6 Å². The third-order valence-electron chi connectivity index (χ3n) is 5.42. The van der Waals surface area contributed by atoms with Crippen molar-refractivity contribution in [2.75, 3.05) is 7.05 Å². The van der Waals surface area contributed by atoms with E-state index in [0.29, 0.717) is 18.4 Å². The van der Waals surface area contributed by atoms with Gasteiger partial charge >= 0.3 is 0 Å². The molecule has 3 fully saturated rings. The van der Waals surface area contributed by atoms with Crippen molar-refractivity contribution in [3.05, 3.63) is 22.6 Å². The van der Waals surface area contributed by atoms with Crippen LogP contribution in [0.4, 0.5) is 0 Å². The van der Waals surface area contributed by atoms with E-state index in [2.05, 4.69) is 15.9 Å². The molecule has 3 nitrogen and oxygen atoms in total. The Hall–Kier alpha value is -0.770. The number of rotatable bonds is 3. The highest BCUT2D eigenvalue weighted by Crippen LogP contribution is 2.69. The fourth-order valence-electron chi connectivity index (χ4n) is 4.66. The van der Waals surface area contributed by atoms with Crippen molar-refractivity contribution < 1.29 is 9.21 Å². The fourth-order valence-corrected chi connectivity index (χ4v) is 5.00. The number of amides is 1. The van der Waals surface area contributed by atoms with E-state index in [-0.39, 0.29) is 0 Å². The molecule has 0 radical (unpaired) electrons. The summed E-state index contributed by atoms with van der Waals surface area (Å²) in [5, 5.41) is 0. The van der Waals surface area contributed by atoms with Gasteiger partial charge in [-0.05, 0) is 71.0 Å². The van der Waals surface area contributed by atoms with Gasteiger partial charge in [-0.15, -0.1) is 0 Å². The Balaban J connectivity index is 1.42. The Bertz CT molecular complexity index is 510. The van der Waals surface area contributed by atoms with E-state index < -0.39 is 0 Å². The predicted molar refractivity (Wildman–Crippen MR) is 74.2 cm³/mol. The standard InChI is InChI=1S/C15H18BrNO2/c1-17(7-10-4-5-11(16)19-10)15(18)14-12-8-2-3-9(6-8)13(12)14/h4-5,8-9,12-14H,2-3,6-7H2,1H3/t8-,9-,12+,13+/m0/s1. The van der Waals surface area contributed by atoms with Crippen LogP contribution >= 0.6 is 15.9 Å². The van der Waals surface area contributed by atoms with Gasteiger partial charge in [0, 0.05) is 13.0 Å². The van der Waals surface area contributed by atoms with Crippen molar-refractivity contribution >= 4 is 21.8 Å². The zero-order valence-electron chi connectivity index (χ0n) is 11.0. The van der Waals surface area contributed by atoms with E-state index in [4.69, 9.17) is 4.42 Å². The molecule has 102 valence electrons. The molecule has 1 aromatic heterocycles. The zero-order chi connectivity index (χ0) is 13.1. The van der Waals surface area contributed by atoms with E-state index >= 15 is 0 Å². The first-order chi connectivity index (χ1) is 9.15. The molecule has 0 N–H and O–H groups in total. The minimum atomic E-state index is 0.328. The summed E-state index contributed by atoms with van der Waals surface area (Å²) in [6, 6.07) is 3.80. The lowest BCUT2D eigenvalue weighted by atomic mass is 10.0. The Morgan fingerprint density at radius 3 is 2.63 bits per heavy atom. The summed E-state index contributed by atoms with van der Waals surface area (Å²) >= 11 is 3.29. The number of hydrogen-bond donors (Lipinski definition) is 0. The number of hydrogen-bond acceptors (Lipinski definition) is 2. The summed E-state index contributed by atoms with van der Waals surface area (Å²) in [5.41, 5.74) is 0. The second kappa shape index (κ2) is 4.11. The van der Waals surface area contributed by atoms with E-state index in [1.807, 2.05) is 24.1 Å². The van der Waals surface area contributed by atoms with Gasteiger partial charge in [0.15, 0.2) is 4.67 Å². The first kappa shape index (κ1) is 12.0. The number of furan rings is 1. The van der Waals surface area contributed by atoms with Crippen molar-refractivity contribution in [2.45, 2.75) is 25.8 Å². The molecule has 3 saturated carbocycles. The van der Waals surface area contributed by atoms with Crippen molar-refractivity contribution in [3.8, 4) is 0 Å². The summed E-state index contributed by atoms with van der Waals surface area (Å²) in [5.74, 6) is 4.66. The Labute approximate surface area is 121 Å². The van der Waals surface area contributed by atoms with Crippen LogP contribution < -0.4 is 0 Å². The second-order valence-electron chi connectivity index (χ2n) is 6.41. The second-order valence-corrected chi connectivity index (χ2v) is 7.20. The monoisotopic (exact) mass is 323 g/mol. The van der Waals surface area contributed by atoms with E-state index in [1.165, 1.54) is 19.3 Å². The zero-order valence-corrected chi connectivity index (χ0v) is 12.6. The van der Waals surface area contributed by atoms with Crippen molar-refractivity contribution in [3.63, 3.8) is 0 Å². The largest absolute Gasteiger partial charge is 0.452 e. The molecule has 0 aliphatic heterocycles. The molecule has 4 rings (SSSR count). The Kier molecular flexibility index (Phi) is 2.60. The molecule has 0 aromatic carbocycles. The van der Waals surface area contributed by atoms with Crippen LogP contribution in [0.5, 0.6) is 0 Å². The maximum Gasteiger partial charge on any atom is 0.226 e. The van der Waals surface area contributed by atoms with Crippen LogP contribution in [-0.2, 0) is 11.3 Å². The van der Waals surface area contributed by atoms with Gasteiger partial charge < -0.3 is 9.32 Å². The normalized spacial score (nSPS) is 38.3. The molecule has 3 aliphatic carbocycles. The highest BCUT2D eigenvalue weighted by Gasteiger charge is 2.67. The van der Waals surface area contributed by atoms with Crippen molar-refractivity contribution in [2.24, 2.45) is 29.6 Å². The molecule has 1 amide bonds. The molecular weight excluding hydrogens is 306 g/mol. The van der Waals surface area contributed by atoms with Gasteiger partial charge in [-0.1, -0.05) is 0 Å². The van der Waals surface area contributed by atoms with Gasteiger partial charge in [0.1, 0.15) is 5.76 Å². The lowest BCUT2D eigenvalue weighted by molar-refractivity contribution is -0.133. The topological polar surface area (TPSA) is 33.5 Å². The molecule has 4 atom stereocenters. The summed E-state index contributed by atoms with van der Waals surface area (Å²) in [6.45, 7) is 0.579. The molecule has 0 saturated heterocycles. The molecule has 0 spiro atoms. The van der Waals surface area contributed by atoms with Crippen molar-refractivity contribution in [1.82, 2.24) is 4.90 Å². The maximum atomic E-state index is 12.5. The van der Waals surface area contributed by atoms with Crippen LogP contribution in [0.2, 0.25) is 0 Å². The number of carbonyl (C=O) groups is 1. The van der Waals surface area contributed by atoms with Crippen molar-refractivity contribution in [1.29, 1.82) is 0 Å². The molecule has 19 heavy (non-hydrogen) atoms. The third-order valence-corrected chi connectivity index (χ3v) is 5.84. The number of nitrogens with zero attached hydrogens (tertiary/aromatic N) is 1. The molecule has 1 aromatic rings. The average Bonchev–Trinajstić information content (AvgIpc) is 2.73. The maximum absolute atomic E-state index is 12.5.